The normalized spacial score (nSPS) is 12.6. The van der Waals surface area contributed by atoms with Gasteiger partial charge in [0.2, 0.25) is 11.0 Å². The molecule has 1 aromatic heterocycles. The van der Waals surface area contributed by atoms with E-state index in [2.05, 4.69) is 57.2 Å². The molecule has 0 spiro atoms. The van der Waals surface area contributed by atoms with Crippen molar-refractivity contribution in [3.63, 3.8) is 0 Å². The topological polar surface area (TPSA) is 84.0 Å². The second-order valence-electron chi connectivity index (χ2n) is 10.7. The van der Waals surface area contributed by atoms with E-state index < -0.39 is 5.41 Å². The van der Waals surface area contributed by atoms with E-state index in [-0.39, 0.29) is 23.3 Å². The van der Waals surface area contributed by atoms with Crippen molar-refractivity contribution >= 4 is 28.3 Å². The number of hydrogen-bond acceptors (Lipinski definition) is 5. The van der Waals surface area contributed by atoms with Gasteiger partial charge in [0.05, 0.1) is 5.41 Å². The molecule has 1 atom stereocenters. The summed E-state index contributed by atoms with van der Waals surface area (Å²) in [6, 6.07) is 26.0. The van der Waals surface area contributed by atoms with Crippen molar-refractivity contribution in [2.24, 2.45) is 5.41 Å². The molecule has 0 bridgehead atoms. The Bertz CT molecular complexity index is 1340. The van der Waals surface area contributed by atoms with Crippen LogP contribution < -0.4 is 10.6 Å². The summed E-state index contributed by atoms with van der Waals surface area (Å²) in [5.41, 5.74) is 5.31. The molecule has 2 N–H and O–H groups in total. The second kappa shape index (κ2) is 10.6. The van der Waals surface area contributed by atoms with Gasteiger partial charge in [-0.05, 0) is 55.2 Å². The summed E-state index contributed by atoms with van der Waals surface area (Å²) in [5, 5.41) is 14.2. The number of benzene rings is 3. The molecule has 2 amide bonds. The Balaban J connectivity index is 1.61. The molecule has 0 aliphatic heterocycles. The highest BCUT2D eigenvalue weighted by molar-refractivity contribution is 7.13. The zero-order valence-corrected chi connectivity index (χ0v) is 22.6. The minimum Gasteiger partial charge on any atom is -0.347 e. The van der Waals surface area contributed by atoms with E-state index in [1.54, 1.807) is 5.51 Å². The first-order chi connectivity index (χ1) is 17.5. The predicted octanol–water partition coefficient (Wildman–Crippen LogP) is 6.53. The highest BCUT2D eigenvalue weighted by atomic mass is 32.1. The van der Waals surface area contributed by atoms with Gasteiger partial charge in [0.1, 0.15) is 5.51 Å². The summed E-state index contributed by atoms with van der Waals surface area (Å²) in [6.45, 7) is 9.80. The minimum absolute atomic E-state index is 0.0888. The Hall–Kier alpha value is -3.84. The summed E-state index contributed by atoms with van der Waals surface area (Å²) < 4.78 is 0. The first-order valence-electron chi connectivity index (χ1n) is 12.2. The van der Waals surface area contributed by atoms with Gasteiger partial charge in [-0.3, -0.25) is 9.59 Å². The molecule has 0 fully saturated rings. The Labute approximate surface area is 222 Å². The average molecular weight is 513 g/mol. The molecular weight excluding hydrogens is 480 g/mol. The van der Waals surface area contributed by atoms with Crippen LogP contribution in [0.4, 0.5) is 5.13 Å². The van der Waals surface area contributed by atoms with Crippen LogP contribution in [0.1, 0.15) is 62.0 Å². The Kier molecular flexibility index (Phi) is 7.55. The molecule has 4 aromatic rings. The van der Waals surface area contributed by atoms with E-state index in [0.29, 0.717) is 10.7 Å². The van der Waals surface area contributed by atoms with E-state index in [4.69, 9.17) is 0 Å². The zero-order chi connectivity index (χ0) is 26.6. The van der Waals surface area contributed by atoms with Crippen molar-refractivity contribution in [2.75, 3.05) is 5.32 Å². The smallest absolute Gasteiger partial charge is 0.251 e. The number of amides is 2. The summed E-state index contributed by atoms with van der Waals surface area (Å²) in [7, 11) is 0. The molecule has 0 aliphatic carbocycles. The fourth-order valence-corrected chi connectivity index (χ4v) is 4.82. The molecule has 0 radical (unpaired) electrons. The van der Waals surface area contributed by atoms with Crippen LogP contribution in [-0.4, -0.2) is 27.6 Å². The molecule has 0 saturated carbocycles. The molecule has 3 aromatic carbocycles. The molecule has 37 heavy (non-hydrogen) atoms. The summed E-state index contributed by atoms with van der Waals surface area (Å²) >= 11 is 1.30. The van der Waals surface area contributed by atoms with Crippen LogP contribution in [0.25, 0.3) is 11.1 Å². The molecule has 0 saturated heterocycles. The first kappa shape index (κ1) is 26.2. The third-order valence-electron chi connectivity index (χ3n) is 6.23. The Morgan fingerprint density at radius 2 is 1.35 bits per heavy atom. The molecule has 0 aliphatic rings. The highest BCUT2D eigenvalue weighted by Gasteiger charge is 2.39. The van der Waals surface area contributed by atoms with Gasteiger partial charge in [-0.15, -0.1) is 10.2 Å². The molecule has 1 unspecified atom stereocenters. The van der Waals surface area contributed by atoms with Crippen molar-refractivity contribution in [1.82, 2.24) is 15.5 Å². The maximum absolute atomic E-state index is 13.4. The van der Waals surface area contributed by atoms with E-state index in [1.807, 2.05) is 77.1 Å². The lowest BCUT2D eigenvalue weighted by Gasteiger charge is -2.33. The van der Waals surface area contributed by atoms with E-state index in [1.165, 1.54) is 11.3 Å². The van der Waals surface area contributed by atoms with Crippen LogP contribution in [0.5, 0.6) is 0 Å². The van der Waals surface area contributed by atoms with Gasteiger partial charge in [-0.2, -0.15) is 0 Å². The fourth-order valence-electron chi connectivity index (χ4n) is 4.38. The number of nitrogens with zero attached hydrogens (tertiary/aromatic N) is 2. The van der Waals surface area contributed by atoms with Crippen LogP contribution in [0.15, 0.2) is 84.4 Å². The largest absolute Gasteiger partial charge is 0.347 e. The third kappa shape index (κ3) is 6.30. The van der Waals surface area contributed by atoms with Crippen LogP contribution in [0, 0.1) is 5.41 Å². The SMILES string of the molecule is CC(C)(C)NC(=O)c1ccc(-c2ccc(C(c3ccccc3)C(C)(C)C(=O)Nc3nncs3)cc2)cc1. The van der Waals surface area contributed by atoms with Crippen LogP contribution in [0.2, 0.25) is 0 Å². The van der Waals surface area contributed by atoms with Gasteiger partial charge in [0.25, 0.3) is 5.91 Å². The van der Waals surface area contributed by atoms with Crippen molar-refractivity contribution in [1.29, 1.82) is 0 Å². The number of rotatable bonds is 7. The highest BCUT2D eigenvalue weighted by Crippen LogP contribution is 2.42. The maximum atomic E-state index is 13.4. The summed E-state index contributed by atoms with van der Waals surface area (Å²) in [5.74, 6) is -0.389. The van der Waals surface area contributed by atoms with Gasteiger partial charge in [-0.25, -0.2) is 0 Å². The lowest BCUT2D eigenvalue weighted by atomic mass is 9.70. The molecule has 7 heteroatoms. The molecule has 6 nitrogen and oxygen atoms in total. The number of nitrogens with one attached hydrogen (secondary N) is 2. The quantitative estimate of drug-likeness (QED) is 0.295. The van der Waals surface area contributed by atoms with Gasteiger partial charge in [0, 0.05) is 17.0 Å². The maximum Gasteiger partial charge on any atom is 0.251 e. The van der Waals surface area contributed by atoms with Crippen molar-refractivity contribution in [2.45, 2.75) is 46.1 Å². The van der Waals surface area contributed by atoms with E-state index in [0.717, 1.165) is 22.3 Å². The zero-order valence-electron chi connectivity index (χ0n) is 21.8. The van der Waals surface area contributed by atoms with Crippen molar-refractivity contribution < 1.29 is 9.59 Å². The number of anilines is 1. The first-order valence-corrected chi connectivity index (χ1v) is 13.1. The molecular formula is C30H32N4O2S. The number of carbonyl (C=O) groups excluding carboxylic acids is 2. The van der Waals surface area contributed by atoms with Crippen LogP contribution in [-0.2, 0) is 4.79 Å². The summed E-state index contributed by atoms with van der Waals surface area (Å²) in [6.07, 6.45) is 0. The van der Waals surface area contributed by atoms with Crippen LogP contribution in [0.3, 0.4) is 0 Å². The van der Waals surface area contributed by atoms with Gasteiger partial charge < -0.3 is 10.6 Å². The number of carbonyl (C=O) groups is 2. The standard InChI is InChI=1S/C30H32N4O2S/c1-29(2,3)33-26(35)24-17-13-21(14-18-24)20-11-15-23(16-12-20)25(22-9-7-6-8-10-22)30(4,5)27(36)32-28-34-31-19-37-28/h6-19,25H,1-5H3,(H,33,35)(H,32,34,36). The van der Waals surface area contributed by atoms with Gasteiger partial charge in [0.15, 0.2) is 0 Å². The number of aromatic nitrogens is 2. The average Bonchev–Trinajstić information content (AvgIpc) is 3.37. The Morgan fingerprint density at radius 1 is 0.784 bits per heavy atom. The third-order valence-corrected chi connectivity index (χ3v) is 6.84. The van der Waals surface area contributed by atoms with Crippen LogP contribution >= 0.6 is 11.3 Å². The van der Waals surface area contributed by atoms with Crippen molar-refractivity contribution in [3.05, 3.63) is 101 Å². The lowest BCUT2D eigenvalue weighted by Crippen LogP contribution is -2.40. The molecule has 4 rings (SSSR count). The Morgan fingerprint density at radius 3 is 1.89 bits per heavy atom. The molecule has 190 valence electrons. The van der Waals surface area contributed by atoms with Gasteiger partial charge >= 0.3 is 0 Å². The minimum atomic E-state index is -0.767. The van der Waals surface area contributed by atoms with Crippen molar-refractivity contribution in [3.8, 4) is 11.1 Å². The summed E-state index contributed by atoms with van der Waals surface area (Å²) in [4.78, 5) is 25.8. The second-order valence-corrected chi connectivity index (χ2v) is 11.5. The van der Waals surface area contributed by atoms with Gasteiger partial charge in [-0.1, -0.05) is 91.9 Å². The number of hydrogen-bond donors (Lipinski definition) is 2. The monoisotopic (exact) mass is 512 g/mol. The lowest BCUT2D eigenvalue weighted by molar-refractivity contribution is -0.124. The fraction of sp³-hybridized carbons (Fsp3) is 0.267. The molecule has 1 heterocycles. The van der Waals surface area contributed by atoms with E-state index in [9.17, 15) is 9.59 Å². The van der Waals surface area contributed by atoms with E-state index >= 15 is 0 Å². The predicted molar refractivity (Wildman–Crippen MR) is 150 cm³/mol.